The lowest BCUT2D eigenvalue weighted by molar-refractivity contribution is -0.122. The third-order valence-corrected chi connectivity index (χ3v) is 5.63. The number of aryl methyl sites for hydroxylation is 1. The van der Waals surface area contributed by atoms with Gasteiger partial charge in [0.25, 0.3) is 5.91 Å². The van der Waals surface area contributed by atoms with Gasteiger partial charge in [0.1, 0.15) is 11.1 Å². The Morgan fingerprint density at radius 2 is 1.89 bits per heavy atom. The molecule has 2 heterocycles. The zero-order chi connectivity index (χ0) is 18.8. The molecule has 5 heteroatoms. The van der Waals surface area contributed by atoms with Gasteiger partial charge in [-0.25, -0.2) is 9.69 Å². The molecule has 136 valence electrons. The number of hydrogen-bond donors (Lipinski definition) is 1. The van der Waals surface area contributed by atoms with Crippen molar-refractivity contribution in [1.29, 1.82) is 0 Å². The number of rotatable bonds is 1. The highest BCUT2D eigenvalue weighted by Gasteiger charge is 2.56. The van der Waals surface area contributed by atoms with Crippen LogP contribution in [0.25, 0.3) is 6.08 Å². The number of para-hydroxylation sites is 1. The number of imide groups is 1. The van der Waals surface area contributed by atoms with Gasteiger partial charge in [0.15, 0.2) is 5.75 Å². The van der Waals surface area contributed by atoms with E-state index in [1.807, 2.05) is 62.4 Å². The van der Waals surface area contributed by atoms with Gasteiger partial charge in [-0.05, 0) is 50.0 Å². The number of nitrogens with one attached hydrogen (secondary N) is 1. The van der Waals surface area contributed by atoms with E-state index < -0.39 is 17.2 Å². The van der Waals surface area contributed by atoms with Crippen molar-refractivity contribution in [3.8, 4) is 5.75 Å². The number of carbonyl (C=O) groups is 2. The molecule has 1 saturated heterocycles. The lowest BCUT2D eigenvalue weighted by Crippen LogP contribution is -2.42. The van der Waals surface area contributed by atoms with E-state index in [0.29, 0.717) is 17.9 Å². The lowest BCUT2D eigenvalue weighted by atomic mass is 9.91. The first kappa shape index (κ1) is 16.1. The van der Waals surface area contributed by atoms with Crippen LogP contribution in [0.3, 0.4) is 0 Å². The fourth-order valence-corrected chi connectivity index (χ4v) is 4.31. The van der Waals surface area contributed by atoms with Gasteiger partial charge in [-0.3, -0.25) is 4.79 Å². The zero-order valence-corrected chi connectivity index (χ0v) is 15.3. The largest absolute Gasteiger partial charge is 0.481 e. The average molecular weight is 360 g/mol. The summed E-state index contributed by atoms with van der Waals surface area (Å²) in [5, 5.41) is 2.98. The first-order valence-electron chi connectivity index (χ1n) is 9.18. The summed E-state index contributed by atoms with van der Waals surface area (Å²) < 4.78 is 6.12. The van der Waals surface area contributed by atoms with E-state index in [4.69, 9.17) is 4.74 Å². The Kier molecular flexibility index (Phi) is 3.12. The number of fused-ring (bicyclic) bond motifs is 3. The monoisotopic (exact) mass is 360 g/mol. The summed E-state index contributed by atoms with van der Waals surface area (Å²) in [5.74, 6) is 0.332. The molecular formula is C22H20N2O3. The summed E-state index contributed by atoms with van der Waals surface area (Å²) in [4.78, 5) is 27.7. The number of benzene rings is 2. The summed E-state index contributed by atoms with van der Waals surface area (Å²) in [6, 6.07) is 13.0. The number of anilines is 1. The van der Waals surface area contributed by atoms with Crippen molar-refractivity contribution in [1.82, 2.24) is 5.32 Å². The molecule has 5 rings (SSSR count). The second-order valence-corrected chi connectivity index (χ2v) is 7.87. The van der Waals surface area contributed by atoms with Crippen molar-refractivity contribution < 1.29 is 14.3 Å². The number of carbonyl (C=O) groups excluding carboxylic acids is 2. The van der Waals surface area contributed by atoms with Gasteiger partial charge in [-0.2, -0.15) is 0 Å². The van der Waals surface area contributed by atoms with Gasteiger partial charge in [-0.15, -0.1) is 0 Å². The first-order valence-corrected chi connectivity index (χ1v) is 9.18. The summed E-state index contributed by atoms with van der Waals surface area (Å²) in [5.41, 5.74) is 1.89. The quantitative estimate of drug-likeness (QED) is 0.788. The van der Waals surface area contributed by atoms with Crippen molar-refractivity contribution in [3.05, 3.63) is 65.2 Å². The van der Waals surface area contributed by atoms with E-state index in [-0.39, 0.29) is 5.91 Å². The Morgan fingerprint density at radius 3 is 2.74 bits per heavy atom. The van der Waals surface area contributed by atoms with Crippen LogP contribution in [-0.4, -0.2) is 17.5 Å². The molecule has 3 amide bonds. The molecule has 5 nitrogen and oxygen atoms in total. The molecule has 0 bridgehead atoms. The maximum atomic E-state index is 13.5. The number of urea groups is 1. The summed E-state index contributed by atoms with van der Waals surface area (Å²) >= 11 is 0. The Hall–Kier alpha value is -3.08. The van der Waals surface area contributed by atoms with Crippen LogP contribution in [0.2, 0.25) is 0 Å². The van der Waals surface area contributed by atoms with Crippen LogP contribution in [0.15, 0.2) is 48.5 Å². The van der Waals surface area contributed by atoms with Crippen LogP contribution in [0.5, 0.6) is 5.75 Å². The number of ether oxygens (including phenoxy) is 1. The van der Waals surface area contributed by atoms with Crippen molar-refractivity contribution in [3.63, 3.8) is 0 Å². The molecule has 1 N–H and O–H groups in total. The Morgan fingerprint density at radius 1 is 1.07 bits per heavy atom. The van der Waals surface area contributed by atoms with Crippen LogP contribution in [0.1, 0.15) is 37.0 Å². The highest BCUT2D eigenvalue weighted by molar-refractivity contribution is 6.24. The Labute approximate surface area is 157 Å². The Balaban J connectivity index is 1.62. The fraction of sp³-hybridized carbons (Fsp3) is 0.273. The molecular weight excluding hydrogens is 340 g/mol. The summed E-state index contributed by atoms with van der Waals surface area (Å²) in [7, 11) is 0. The third kappa shape index (κ3) is 2.17. The highest BCUT2D eigenvalue weighted by atomic mass is 16.5. The number of amides is 3. The van der Waals surface area contributed by atoms with E-state index in [2.05, 4.69) is 5.32 Å². The molecule has 1 aliphatic carbocycles. The molecule has 27 heavy (non-hydrogen) atoms. The van der Waals surface area contributed by atoms with E-state index in [0.717, 1.165) is 23.1 Å². The van der Waals surface area contributed by atoms with Crippen LogP contribution in [0.4, 0.5) is 10.5 Å². The topological polar surface area (TPSA) is 58.6 Å². The molecule has 1 atom stereocenters. The van der Waals surface area contributed by atoms with E-state index in [1.165, 1.54) is 4.90 Å². The molecule has 1 fully saturated rings. The van der Waals surface area contributed by atoms with Crippen LogP contribution >= 0.6 is 0 Å². The fourth-order valence-electron chi connectivity index (χ4n) is 4.31. The second-order valence-electron chi connectivity index (χ2n) is 7.87. The third-order valence-electron chi connectivity index (χ3n) is 5.63. The van der Waals surface area contributed by atoms with E-state index in [9.17, 15) is 9.59 Å². The van der Waals surface area contributed by atoms with Gasteiger partial charge in [0.2, 0.25) is 0 Å². The van der Waals surface area contributed by atoms with E-state index in [1.54, 1.807) is 6.07 Å². The normalized spacial score (nSPS) is 24.6. The maximum Gasteiger partial charge on any atom is 0.330 e. The molecule has 2 aromatic carbocycles. The standard InChI is InChI=1S/C22H20N2O3/c1-21(2)12-10-15-7-5-9-17(18(15)27-21)24-19(25)22(23-20(24)26)13-11-14-6-3-4-8-16(14)22/h3-10,12H,11,13H2,1-2H3,(H,23,26). The number of hydrogen-bond acceptors (Lipinski definition) is 3. The highest BCUT2D eigenvalue weighted by Crippen LogP contribution is 2.46. The predicted molar refractivity (Wildman–Crippen MR) is 103 cm³/mol. The van der Waals surface area contributed by atoms with Gasteiger partial charge in [-0.1, -0.05) is 42.5 Å². The smallest absolute Gasteiger partial charge is 0.330 e. The summed E-state index contributed by atoms with van der Waals surface area (Å²) in [6.45, 7) is 3.90. The molecule has 1 unspecified atom stereocenters. The van der Waals surface area contributed by atoms with Gasteiger partial charge in [0, 0.05) is 5.56 Å². The molecule has 0 aromatic heterocycles. The van der Waals surface area contributed by atoms with Crippen molar-refractivity contribution in [2.45, 2.75) is 37.8 Å². The SMILES string of the molecule is CC1(C)C=Cc2cccc(N3C(=O)NC4(CCc5ccccc54)C3=O)c2O1. The molecule has 0 radical (unpaired) electrons. The van der Waals surface area contributed by atoms with Crippen LogP contribution in [0, 0.1) is 0 Å². The molecule has 2 aliphatic heterocycles. The second kappa shape index (κ2) is 5.22. The van der Waals surface area contributed by atoms with Crippen molar-refractivity contribution in [2.24, 2.45) is 0 Å². The first-order chi connectivity index (χ1) is 12.9. The van der Waals surface area contributed by atoms with Gasteiger partial charge in [0.05, 0.1) is 5.69 Å². The number of nitrogens with zero attached hydrogens (tertiary/aromatic N) is 1. The minimum atomic E-state index is -0.976. The van der Waals surface area contributed by atoms with Gasteiger partial charge >= 0.3 is 6.03 Å². The maximum absolute atomic E-state index is 13.5. The summed E-state index contributed by atoms with van der Waals surface area (Å²) in [6.07, 6.45) is 5.30. The molecule has 1 spiro atoms. The molecule has 0 saturated carbocycles. The predicted octanol–water partition coefficient (Wildman–Crippen LogP) is 3.77. The van der Waals surface area contributed by atoms with E-state index >= 15 is 0 Å². The molecule has 2 aromatic rings. The van der Waals surface area contributed by atoms with Crippen molar-refractivity contribution >= 4 is 23.7 Å². The minimum absolute atomic E-state index is 0.234. The van der Waals surface area contributed by atoms with Gasteiger partial charge < -0.3 is 10.1 Å². The van der Waals surface area contributed by atoms with Crippen LogP contribution in [-0.2, 0) is 16.8 Å². The molecule has 3 aliphatic rings. The van der Waals surface area contributed by atoms with Crippen molar-refractivity contribution in [2.75, 3.05) is 4.90 Å². The average Bonchev–Trinajstić information content (AvgIpc) is 3.13. The lowest BCUT2D eigenvalue weighted by Gasteiger charge is -2.31. The van der Waals surface area contributed by atoms with Crippen LogP contribution < -0.4 is 15.0 Å². The Bertz CT molecular complexity index is 1020. The zero-order valence-electron chi connectivity index (χ0n) is 15.3. The minimum Gasteiger partial charge on any atom is -0.481 e.